The predicted octanol–water partition coefficient (Wildman–Crippen LogP) is 4.57. The summed E-state index contributed by atoms with van der Waals surface area (Å²) in [4.78, 5) is 67.9. The van der Waals surface area contributed by atoms with Crippen molar-refractivity contribution in [3.05, 3.63) is 120 Å². The average molecular weight is 1300 g/mol. The molecule has 4 bridgehead atoms. The number of hydrogen-bond acceptors (Lipinski definition) is 22. The Morgan fingerprint density at radius 2 is 1.15 bits per heavy atom. The van der Waals surface area contributed by atoms with Crippen molar-refractivity contribution in [3.63, 3.8) is 0 Å². The van der Waals surface area contributed by atoms with Gasteiger partial charge in [-0.25, -0.2) is 9.97 Å². The summed E-state index contributed by atoms with van der Waals surface area (Å²) < 4.78 is 59.0. The highest BCUT2D eigenvalue weighted by Crippen LogP contribution is 2.41. The van der Waals surface area contributed by atoms with Gasteiger partial charge in [0.1, 0.15) is 23.5 Å². The van der Waals surface area contributed by atoms with E-state index in [9.17, 15) is 29.2 Å². The molecule has 0 aliphatic carbocycles. The van der Waals surface area contributed by atoms with Crippen LogP contribution in [0.25, 0.3) is 0 Å². The maximum Gasteiger partial charge on any atom is 0.502 e. The highest BCUT2D eigenvalue weighted by atomic mass is 28.4. The maximum atomic E-state index is 13.7. The van der Waals surface area contributed by atoms with Gasteiger partial charge in [0.05, 0.1) is 93.5 Å². The Labute approximate surface area is 538 Å². The van der Waals surface area contributed by atoms with Gasteiger partial charge in [-0.05, 0) is 82.8 Å². The highest BCUT2D eigenvalue weighted by molar-refractivity contribution is 6.62. The zero-order valence-corrected chi connectivity index (χ0v) is 54.9. The molecule has 5 aliphatic rings. The summed E-state index contributed by atoms with van der Waals surface area (Å²) in [5, 5.41) is 45.7. The van der Waals surface area contributed by atoms with Gasteiger partial charge in [-0.2, -0.15) is 0 Å². The molecule has 25 nitrogen and oxygen atoms in total. The first-order valence-electron chi connectivity index (χ1n) is 31.3. The van der Waals surface area contributed by atoms with Crippen molar-refractivity contribution in [2.24, 2.45) is 11.8 Å². The van der Waals surface area contributed by atoms with Gasteiger partial charge in [0, 0.05) is 68.7 Å². The number of carbonyl (C=O) groups is 4. The van der Waals surface area contributed by atoms with Crippen molar-refractivity contribution >= 4 is 55.4 Å². The van der Waals surface area contributed by atoms with Crippen molar-refractivity contribution in [2.45, 2.75) is 193 Å². The number of rotatable bonds is 32. The van der Waals surface area contributed by atoms with Crippen molar-refractivity contribution in [1.82, 2.24) is 35.9 Å². The zero-order valence-electron chi connectivity index (χ0n) is 52.9. The van der Waals surface area contributed by atoms with Gasteiger partial charge in [-0.1, -0.05) is 95.8 Å². The van der Waals surface area contributed by atoms with Crippen molar-refractivity contribution in [1.29, 1.82) is 0 Å². The number of benzene rings is 2. The molecule has 9 rings (SSSR count). The molecule has 7 N–H and O–H groups in total. The van der Waals surface area contributed by atoms with Crippen molar-refractivity contribution < 1.29 is 84.8 Å². The molecule has 5 aliphatic heterocycles. The van der Waals surface area contributed by atoms with Crippen LogP contribution in [-0.4, -0.2) is 202 Å². The molecule has 6 unspecified atom stereocenters. The van der Waals surface area contributed by atoms with Crippen LogP contribution < -0.4 is 16.0 Å². The number of carbonyl (C=O) groups excluding carboxylic acids is 4. The first-order chi connectivity index (χ1) is 43.1. The summed E-state index contributed by atoms with van der Waals surface area (Å²) in [6, 6.07) is 18.7. The van der Waals surface area contributed by atoms with Crippen molar-refractivity contribution in [2.75, 3.05) is 39.6 Å². The number of nitrogens with one attached hydrogen (secondary N) is 3. The highest BCUT2D eigenvalue weighted by Gasteiger charge is 2.62. The number of aromatic nitrogens is 4. The van der Waals surface area contributed by atoms with Crippen LogP contribution in [0.4, 0.5) is 0 Å². The second-order valence-electron chi connectivity index (χ2n) is 24.3. The molecule has 4 aromatic rings. The number of fused-ring (bicyclic) bond motifs is 4. The Morgan fingerprint density at radius 1 is 0.670 bits per heavy atom. The Hall–Kier alpha value is -5.32. The number of aliphatic hydroxyl groups excluding tert-OH is 2. The summed E-state index contributed by atoms with van der Waals surface area (Å²) in [5.74, 6) is -2.08. The number of ketones is 1. The molecule has 0 saturated carbocycles. The average Bonchev–Trinajstić information content (AvgIpc) is 1.62. The zero-order chi connectivity index (χ0) is 64.8. The van der Waals surface area contributed by atoms with Crippen LogP contribution in [0, 0.1) is 11.8 Å². The number of nitrogens with zero attached hydrogens (tertiary/aromatic N) is 4. The molecule has 0 radical (unpaired) electrons. The molecule has 5 saturated heterocycles. The van der Waals surface area contributed by atoms with Crippen molar-refractivity contribution in [3.8, 4) is 0 Å². The van der Waals surface area contributed by atoms with E-state index >= 15 is 0 Å². The van der Waals surface area contributed by atoms with Crippen LogP contribution in [0.3, 0.4) is 0 Å². The van der Waals surface area contributed by atoms with E-state index in [1.54, 1.807) is 0 Å². The lowest BCUT2D eigenvalue weighted by atomic mass is 9.66. The Morgan fingerprint density at radius 3 is 1.60 bits per heavy atom. The summed E-state index contributed by atoms with van der Waals surface area (Å²) in [5.41, 5.74) is 2.06. The van der Waals surface area contributed by atoms with E-state index in [0.717, 1.165) is 36.1 Å². The van der Waals surface area contributed by atoms with E-state index in [-0.39, 0.29) is 105 Å². The lowest BCUT2D eigenvalue weighted by Crippen LogP contribution is -2.55. The fourth-order valence-corrected chi connectivity index (χ4v) is 17.9. The first-order valence-corrected chi connectivity index (χ1v) is 35.2. The van der Waals surface area contributed by atoms with Crippen LogP contribution in [0.2, 0.25) is 17.9 Å². The van der Waals surface area contributed by atoms with Gasteiger partial charge in [0.2, 0.25) is 5.91 Å². The van der Waals surface area contributed by atoms with E-state index in [0.29, 0.717) is 52.1 Å². The molecule has 2 aromatic carbocycles. The standard InChI is InChI=1S/C30H43BN4O8Si.C20H26BN3O4.C11H22O6Si.CH4/c1-20(2)15-27(31-39-19-24(40-31)18-38-13-8-14-44-41-21(3)28(43-44)22(4)42-44)35-29(36)25(16-23-9-6-5-7-10-23)34-30(37)26-17-32-11-12-33-26;1-14(2)10-16(21(27)28)12-19(25)17(11-15-6-4-3-5-7-15)24-20(26)18-13-22-8-9-23-18;1-8-11-9(2)16-18(15-8,17-11)5-3-4-14-7-10(13)6-12;/h5-7,9-12,17,20-22,24-25,27-28H,8,13-16,18-19H2,1-4H3,(H,34,37)(H,35,36);3-9,13-14,16-17,27-28H,10-12H2,1-2H3,(H,24,26);8-13H,3-7H2,1-2H3;1H4/t21?,22?,24?,25-,27-,28?,44?;16-,17+;;/m01../s1. The molecule has 29 heteroatoms. The largest absolute Gasteiger partial charge is 0.502 e. The second kappa shape index (κ2) is 37.0. The minimum atomic E-state index is -2.57. The third-order valence-corrected chi connectivity index (χ3v) is 21.7. The van der Waals surface area contributed by atoms with Crippen LogP contribution in [0.5, 0.6) is 0 Å². The summed E-state index contributed by atoms with van der Waals surface area (Å²) in [6.07, 6.45) is 11.2. The first kappa shape index (κ1) is 74.7. The monoisotopic (exact) mass is 1300 g/mol. The molecule has 91 heavy (non-hydrogen) atoms. The van der Waals surface area contributed by atoms with Gasteiger partial charge in [-0.3, -0.25) is 29.1 Å². The molecule has 7 heterocycles. The number of Topliss-reactive ketones (excluding diaryl/α,β-unsaturated/α-hetero) is 1. The minimum Gasteiger partial charge on any atom is -0.427 e. The number of amides is 3. The molecule has 0 spiro atoms. The summed E-state index contributed by atoms with van der Waals surface area (Å²) >= 11 is 0. The third-order valence-electron chi connectivity index (χ3n) is 15.6. The Balaban J connectivity index is 0.000000239. The van der Waals surface area contributed by atoms with Gasteiger partial charge < -0.3 is 81.5 Å². The van der Waals surface area contributed by atoms with Crippen LogP contribution >= 0.6 is 0 Å². The fourth-order valence-electron chi connectivity index (χ4n) is 11.3. The predicted molar refractivity (Wildman–Crippen MR) is 342 cm³/mol. The van der Waals surface area contributed by atoms with E-state index < -0.39 is 73.6 Å². The lowest BCUT2D eigenvalue weighted by Gasteiger charge is -2.26. The quantitative estimate of drug-likeness (QED) is 0.0260. The van der Waals surface area contributed by atoms with Gasteiger partial charge in [0.25, 0.3) is 11.8 Å². The molecule has 3 amide bonds. The van der Waals surface area contributed by atoms with Gasteiger partial charge >= 0.3 is 31.8 Å². The Kier molecular flexibility index (Phi) is 30.3. The molecular weight excluding hydrogens is 1210 g/mol. The normalized spacial score (nSPS) is 25.3. The second-order valence-corrected chi connectivity index (χ2v) is 29.5. The molecule has 10 atom stereocenters. The summed E-state index contributed by atoms with van der Waals surface area (Å²) in [7, 11) is -7.23. The number of aliphatic hydroxyl groups is 2. The van der Waals surface area contributed by atoms with E-state index in [1.807, 2.05) is 102 Å². The molecule has 2 aromatic heterocycles. The van der Waals surface area contributed by atoms with Crippen LogP contribution in [0.15, 0.2) is 97.8 Å². The topological polar surface area (TPSA) is 329 Å². The smallest absolute Gasteiger partial charge is 0.427 e. The van der Waals surface area contributed by atoms with Crippen LogP contribution in [-0.2, 0) is 67.8 Å². The minimum absolute atomic E-state index is 0. The van der Waals surface area contributed by atoms with Gasteiger partial charge in [-0.15, -0.1) is 0 Å². The Bertz CT molecular complexity index is 2780. The summed E-state index contributed by atoms with van der Waals surface area (Å²) in [6.45, 7) is 17.8. The molecule has 5 fully saturated rings. The molecule has 500 valence electrons. The SMILES string of the molecule is C.CC(C)C[C@H](CC(=O)[C@H](Cc1ccccc1)NC(=O)c1cnccn1)B(O)O.CC(C)C[C@H](NC(=O)[C@H](Cc1ccccc1)NC(=O)c1cnccn1)B1OCC(COCCC[Si]23OC(C)C(O2)C(C)O3)O1.CC1O[Si]2(CCCOCC(O)CO)OC(C)C1O2. The number of hydrogen-bond donors (Lipinski definition) is 7. The third kappa shape index (κ3) is 23.3. The van der Waals surface area contributed by atoms with Gasteiger partial charge in [0.15, 0.2) is 5.78 Å². The van der Waals surface area contributed by atoms with Crippen LogP contribution in [0.1, 0.15) is 127 Å². The van der Waals surface area contributed by atoms with E-state index in [1.165, 1.54) is 37.2 Å². The van der Waals surface area contributed by atoms with E-state index in [4.69, 9.17) is 55.6 Å². The fraction of sp³-hybridized carbons (Fsp3) is 0.613. The lowest BCUT2D eigenvalue weighted by molar-refractivity contribution is -0.123. The molecular formula is C62H95B2N7O18Si2. The number of ether oxygens (including phenoxy) is 2. The van der Waals surface area contributed by atoms with E-state index in [2.05, 4.69) is 49.7 Å². The maximum absolute atomic E-state index is 13.7.